The van der Waals surface area contributed by atoms with E-state index in [9.17, 15) is 0 Å². The molecular formula is C18H23N7. The van der Waals surface area contributed by atoms with E-state index in [-0.39, 0.29) is 5.92 Å². The average molecular weight is 337 g/mol. The standard InChI is InChI=1S/C18H23N7/c1-11-9-19-8-7-16(11)25-18(21-17(23-25)15-5-6-15)12(2)10-24-14(4)20-13(3)22-24/h7-9,12,15H,5-6,10H2,1-4H3/t12-/m1/s1. The predicted octanol–water partition coefficient (Wildman–Crippen LogP) is 2.86. The summed E-state index contributed by atoms with van der Waals surface area (Å²) in [4.78, 5) is 13.5. The van der Waals surface area contributed by atoms with Crippen molar-refractivity contribution in [2.75, 3.05) is 0 Å². The maximum Gasteiger partial charge on any atom is 0.154 e. The van der Waals surface area contributed by atoms with Gasteiger partial charge in [-0.25, -0.2) is 19.3 Å². The number of hydrogen-bond donors (Lipinski definition) is 0. The molecule has 0 radical (unpaired) electrons. The lowest BCUT2D eigenvalue weighted by Crippen LogP contribution is -2.15. The number of aromatic nitrogens is 7. The van der Waals surface area contributed by atoms with Crippen LogP contribution < -0.4 is 0 Å². The molecule has 1 atom stereocenters. The number of hydrogen-bond acceptors (Lipinski definition) is 5. The molecule has 1 fully saturated rings. The Bertz CT molecular complexity index is 904. The van der Waals surface area contributed by atoms with Crippen LogP contribution in [0.2, 0.25) is 0 Å². The minimum absolute atomic E-state index is 0.173. The van der Waals surface area contributed by atoms with Crippen LogP contribution in [0.1, 0.15) is 60.5 Å². The average Bonchev–Trinajstić information content (AvgIpc) is 3.25. The second-order valence-electron chi connectivity index (χ2n) is 6.97. The first kappa shape index (κ1) is 15.9. The first-order valence-electron chi connectivity index (χ1n) is 8.79. The maximum atomic E-state index is 4.89. The van der Waals surface area contributed by atoms with E-state index in [1.807, 2.05) is 35.5 Å². The summed E-state index contributed by atoms with van der Waals surface area (Å²) in [6.07, 6.45) is 6.05. The topological polar surface area (TPSA) is 74.3 Å². The Balaban J connectivity index is 1.72. The van der Waals surface area contributed by atoms with E-state index in [1.165, 1.54) is 12.8 Å². The first-order chi connectivity index (χ1) is 12.0. The van der Waals surface area contributed by atoms with E-state index < -0.39 is 0 Å². The molecule has 0 amide bonds. The molecule has 3 heterocycles. The second kappa shape index (κ2) is 6.06. The fourth-order valence-electron chi connectivity index (χ4n) is 3.13. The van der Waals surface area contributed by atoms with Gasteiger partial charge < -0.3 is 0 Å². The maximum absolute atomic E-state index is 4.89. The molecule has 130 valence electrons. The van der Waals surface area contributed by atoms with Gasteiger partial charge in [-0.3, -0.25) is 4.98 Å². The van der Waals surface area contributed by atoms with Gasteiger partial charge in [0.15, 0.2) is 5.82 Å². The van der Waals surface area contributed by atoms with Crippen LogP contribution in [0.4, 0.5) is 0 Å². The van der Waals surface area contributed by atoms with Crippen molar-refractivity contribution < 1.29 is 0 Å². The van der Waals surface area contributed by atoms with Gasteiger partial charge in [0.05, 0.1) is 12.2 Å². The van der Waals surface area contributed by atoms with Gasteiger partial charge in [-0.15, -0.1) is 0 Å². The molecule has 0 bridgehead atoms. The number of aryl methyl sites for hydroxylation is 3. The molecule has 7 nitrogen and oxygen atoms in total. The van der Waals surface area contributed by atoms with Gasteiger partial charge >= 0.3 is 0 Å². The van der Waals surface area contributed by atoms with Crippen LogP contribution in [0.5, 0.6) is 0 Å². The number of nitrogens with zero attached hydrogens (tertiary/aromatic N) is 7. The van der Waals surface area contributed by atoms with Gasteiger partial charge in [-0.05, 0) is 45.2 Å². The molecule has 1 aliphatic carbocycles. The molecule has 1 aliphatic rings. The van der Waals surface area contributed by atoms with Gasteiger partial charge in [-0.1, -0.05) is 6.92 Å². The Labute approximate surface area is 147 Å². The van der Waals surface area contributed by atoms with Crippen LogP contribution in [0.15, 0.2) is 18.5 Å². The van der Waals surface area contributed by atoms with Crippen molar-refractivity contribution in [3.63, 3.8) is 0 Å². The van der Waals surface area contributed by atoms with Crippen molar-refractivity contribution in [1.29, 1.82) is 0 Å². The Morgan fingerprint density at radius 2 is 1.96 bits per heavy atom. The largest absolute Gasteiger partial charge is 0.264 e. The zero-order valence-electron chi connectivity index (χ0n) is 15.1. The third-order valence-electron chi connectivity index (χ3n) is 4.66. The summed E-state index contributed by atoms with van der Waals surface area (Å²) in [5.74, 6) is 4.36. The van der Waals surface area contributed by atoms with E-state index in [0.29, 0.717) is 5.92 Å². The van der Waals surface area contributed by atoms with Crippen LogP contribution >= 0.6 is 0 Å². The quantitative estimate of drug-likeness (QED) is 0.716. The zero-order valence-corrected chi connectivity index (χ0v) is 15.1. The fourth-order valence-corrected chi connectivity index (χ4v) is 3.13. The summed E-state index contributed by atoms with van der Waals surface area (Å²) in [6.45, 7) is 8.87. The molecule has 0 aromatic carbocycles. The highest BCUT2D eigenvalue weighted by molar-refractivity contribution is 5.38. The lowest BCUT2D eigenvalue weighted by Gasteiger charge is -2.14. The monoisotopic (exact) mass is 337 g/mol. The third-order valence-corrected chi connectivity index (χ3v) is 4.66. The first-order valence-corrected chi connectivity index (χ1v) is 8.79. The van der Waals surface area contributed by atoms with Crippen LogP contribution in [0.25, 0.3) is 5.69 Å². The molecule has 25 heavy (non-hydrogen) atoms. The van der Waals surface area contributed by atoms with E-state index >= 15 is 0 Å². The smallest absolute Gasteiger partial charge is 0.154 e. The summed E-state index contributed by atoms with van der Waals surface area (Å²) < 4.78 is 3.95. The summed E-state index contributed by atoms with van der Waals surface area (Å²) >= 11 is 0. The Morgan fingerprint density at radius 3 is 2.60 bits per heavy atom. The summed E-state index contributed by atoms with van der Waals surface area (Å²) in [5.41, 5.74) is 2.14. The lowest BCUT2D eigenvalue weighted by atomic mass is 10.1. The molecule has 0 aliphatic heterocycles. The predicted molar refractivity (Wildman–Crippen MR) is 93.8 cm³/mol. The number of rotatable bonds is 5. The Kier molecular flexibility index (Phi) is 3.86. The van der Waals surface area contributed by atoms with E-state index in [2.05, 4.69) is 28.9 Å². The normalized spacial score (nSPS) is 15.5. The molecule has 4 rings (SSSR count). The Morgan fingerprint density at radius 1 is 1.16 bits per heavy atom. The SMILES string of the molecule is Cc1nc(C)n(C[C@@H](C)c2nc(C3CC3)nn2-c2ccncc2C)n1. The minimum atomic E-state index is 0.173. The van der Waals surface area contributed by atoms with Crippen molar-refractivity contribution >= 4 is 0 Å². The molecule has 0 unspecified atom stereocenters. The van der Waals surface area contributed by atoms with Crippen molar-refractivity contribution in [3.8, 4) is 5.69 Å². The van der Waals surface area contributed by atoms with Gasteiger partial charge in [0.2, 0.25) is 0 Å². The molecule has 1 saturated carbocycles. The van der Waals surface area contributed by atoms with E-state index in [4.69, 9.17) is 10.1 Å². The highest BCUT2D eigenvalue weighted by atomic mass is 15.4. The van der Waals surface area contributed by atoms with Crippen molar-refractivity contribution in [2.24, 2.45) is 0 Å². The van der Waals surface area contributed by atoms with Gasteiger partial charge in [-0.2, -0.15) is 10.2 Å². The second-order valence-corrected chi connectivity index (χ2v) is 6.97. The van der Waals surface area contributed by atoms with E-state index in [0.717, 1.165) is 41.1 Å². The number of pyridine rings is 1. The van der Waals surface area contributed by atoms with Crippen molar-refractivity contribution in [1.82, 2.24) is 34.5 Å². The molecule has 3 aromatic rings. The lowest BCUT2D eigenvalue weighted by molar-refractivity contribution is 0.502. The van der Waals surface area contributed by atoms with Crippen molar-refractivity contribution in [3.05, 3.63) is 47.3 Å². The van der Waals surface area contributed by atoms with Crippen LogP contribution in [-0.4, -0.2) is 34.5 Å². The molecule has 0 spiro atoms. The van der Waals surface area contributed by atoms with Gasteiger partial charge in [0.25, 0.3) is 0 Å². The van der Waals surface area contributed by atoms with Gasteiger partial charge in [0, 0.05) is 24.2 Å². The minimum Gasteiger partial charge on any atom is -0.264 e. The zero-order chi connectivity index (χ0) is 17.6. The van der Waals surface area contributed by atoms with E-state index in [1.54, 1.807) is 6.20 Å². The summed E-state index contributed by atoms with van der Waals surface area (Å²) in [5, 5.41) is 9.31. The highest BCUT2D eigenvalue weighted by Gasteiger charge is 2.30. The molecule has 0 N–H and O–H groups in total. The van der Waals surface area contributed by atoms with Crippen LogP contribution in [-0.2, 0) is 6.54 Å². The summed E-state index contributed by atoms with van der Waals surface area (Å²) in [7, 11) is 0. The highest BCUT2D eigenvalue weighted by Crippen LogP contribution is 2.39. The Hall–Kier alpha value is -2.57. The molecule has 3 aromatic heterocycles. The van der Waals surface area contributed by atoms with Crippen LogP contribution in [0, 0.1) is 20.8 Å². The molecular weight excluding hydrogens is 314 g/mol. The van der Waals surface area contributed by atoms with Crippen molar-refractivity contribution in [2.45, 2.75) is 58.9 Å². The fraction of sp³-hybridized carbons (Fsp3) is 0.500. The van der Waals surface area contributed by atoms with Gasteiger partial charge in [0.1, 0.15) is 17.5 Å². The molecule has 7 heteroatoms. The third kappa shape index (κ3) is 3.06. The van der Waals surface area contributed by atoms with Crippen LogP contribution in [0.3, 0.4) is 0 Å². The molecule has 0 saturated heterocycles. The summed E-state index contributed by atoms with van der Waals surface area (Å²) in [6, 6.07) is 2.00.